The van der Waals surface area contributed by atoms with Crippen LogP contribution in [0.5, 0.6) is 5.75 Å². The zero-order valence-corrected chi connectivity index (χ0v) is 25.3. The molecule has 4 aromatic rings. The Morgan fingerprint density at radius 1 is 1.14 bits per heavy atom. The van der Waals surface area contributed by atoms with Crippen LogP contribution in [0.25, 0.3) is 22.4 Å². The molecule has 2 aromatic carbocycles. The van der Waals surface area contributed by atoms with Crippen LogP contribution in [0.4, 0.5) is 4.79 Å². The van der Waals surface area contributed by atoms with Crippen molar-refractivity contribution in [2.45, 2.75) is 63.6 Å². The average Bonchev–Trinajstić information content (AvgIpc) is 3.70. The molecule has 2 aromatic heterocycles. The Labute approximate surface area is 256 Å². The highest BCUT2D eigenvalue weighted by Crippen LogP contribution is 2.35. The molecule has 11 nitrogen and oxygen atoms in total. The molecule has 6 rings (SSSR count). The lowest BCUT2D eigenvalue weighted by atomic mass is 9.89. The number of imidazole rings is 1. The maximum atomic E-state index is 14.3. The predicted octanol–water partition coefficient (Wildman–Crippen LogP) is 4.98. The van der Waals surface area contributed by atoms with Gasteiger partial charge in [-0.15, -0.1) is 0 Å². The normalized spacial score (nSPS) is 20.4. The van der Waals surface area contributed by atoms with Crippen LogP contribution in [0.2, 0.25) is 0 Å². The number of fused-ring (bicyclic) bond motifs is 1. The molecule has 1 saturated heterocycles. The van der Waals surface area contributed by atoms with E-state index in [0.717, 1.165) is 60.2 Å². The summed E-state index contributed by atoms with van der Waals surface area (Å²) in [4.78, 5) is 37.6. The third kappa shape index (κ3) is 6.28. The number of nitrogens with zero attached hydrogens (tertiary/aromatic N) is 4. The van der Waals surface area contributed by atoms with Gasteiger partial charge in [0.05, 0.1) is 37.8 Å². The van der Waals surface area contributed by atoms with E-state index in [2.05, 4.69) is 20.2 Å². The molecule has 2 aliphatic rings. The van der Waals surface area contributed by atoms with Crippen LogP contribution in [0.1, 0.15) is 61.4 Å². The number of nitrogens with one attached hydrogen (secondary N) is 2. The minimum absolute atomic E-state index is 0.0465. The highest BCUT2D eigenvalue weighted by Gasteiger charge is 2.35. The van der Waals surface area contributed by atoms with Crippen LogP contribution in [-0.2, 0) is 11.2 Å². The lowest BCUT2D eigenvalue weighted by Crippen LogP contribution is -2.54. The highest BCUT2D eigenvalue weighted by molar-refractivity contribution is 5.98. The van der Waals surface area contributed by atoms with E-state index in [0.29, 0.717) is 44.2 Å². The summed E-state index contributed by atoms with van der Waals surface area (Å²) in [6.45, 7) is 4.41. The first-order chi connectivity index (χ1) is 21.6. The number of carbonyl (C=O) groups is 2. The van der Waals surface area contributed by atoms with Crippen LogP contribution in [-0.4, -0.2) is 76.9 Å². The van der Waals surface area contributed by atoms with Crippen molar-refractivity contribution in [2.75, 3.05) is 33.4 Å². The fourth-order valence-corrected chi connectivity index (χ4v) is 6.40. The van der Waals surface area contributed by atoms with E-state index >= 15 is 0 Å². The van der Waals surface area contributed by atoms with Crippen LogP contribution >= 0.6 is 0 Å². The number of aryl methyl sites for hydroxylation is 1. The first-order valence-electron chi connectivity index (χ1n) is 15.6. The fourth-order valence-electron chi connectivity index (χ4n) is 6.40. The molecule has 1 aliphatic heterocycles. The van der Waals surface area contributed by atoms with Crippen molar-refractivity contribution in [2.24, 2.45) is 0 Å². The zero-order valence-electron chi connectivity index (χ0n) is 25.3. The number of aromatic nitrogens is 3. The Hall–Kier alpha value is -4.38. The van der Waals surface area contributed by atoms with E-state index in [1.54, 1.807) is 6.33 Å². The Bertz CT molecular complexity index is 1580. The van der Waals surface area contributed by atoms with E-state index in [9.17, 15) is 9.59 Å². The van der Waals surface area contributed by atoms with Crippen molar-refractivity contribution in [3.05, 3.63) is 66.4 Å². The number of piperazine rings is 1. The molecular formula is C33H40N6O5. The van der Waals surface area contributed by atoms with E-state index in [1.807, 2.05) is 60.4 Å². The third-order valence-electron chi connectivity index (χ3n) is 8.66. The number of hydrogen-bond acceptors (Lipinski definition) is 8. The molecule has 2 amide bonds. The second-order valence-electron chi connectivity index (χ2n) is 11.4. The number of carbonyl (C=O) groups excluding carboxylic acids is 2. The summed E-state index contributed by atoms with van der Waals surface area (Å²) in [5, 5.41) is 6.46. The van der Waals surface area contributed by atoms with Crippen molar-refractivity contribution in [1.82, 2.24) is 30.1 Å². The van der Waals surface area contributed by atoms with Gasteiger partial charge in [0.15, 0.2) is 17.2 Å². The van der Waals surface area contributed by atoms with Gasteiger partial charge < -0.3 is 34.0 Å². The number of hydrogen-bond donors (Lipinski definition) is 2. The van der Waals surface area contributed by atoms with Gasteiger partial charge in [-0.25, -0.2) is 14.8 Å². The van der Waals surface area contributed by atoms with Crippen molar-refractivity contribution in [1.29, 1.82) is 0 Å². The Morgan fingerprint density at radius 3 is 2.80 bits per heavy atom. The predicted molar refractivity (Wildman–Crippen MR) is 166 cm³/mol. The minimum Gasteiger partial charge on any atom is -0.493 e. The molecule has 44 heavy (non-hydrogen) atoms. The number of ether oxygens (including phenoxy) is 2. The van der Waals surface area contributed by atoms with Gasteiger partial charge >= 0.3 is 6.09 Å². The number of alkyl carbamates (subject to hydrolysis) is 1. The maximum Gasteiger partial charge on any atom is 0.407 e. The molecule has 0 unspecified atom stereocenters. The monoisotopic (exact) mass is 600 g/mol. The van der Waals surface area contributed by atoms with E-state index in [1.165, 1.54) is 7.11 Å². The molecule has 3 atom stereocenters. The molecule has 0 spiro atoms. The van der Waals surface area contributed by atoms with Gasteiger partial charge in [-0.3, -0.25) is 4.79 Å². The third-order valence-corrected chi connectivity index (χ3v) is 8.66. The van der Waals surface area contributed by atoms with Gasteiger partial charge in [0.25, 0.3) is 5.91 Å². The molecule has 3 heterocycles. The van der Waals surface area contributed by atoms with Crippen LogP contribution in [0.3, 0.4) is 0 Å². The van der Waals surface area contributed by atoms with E-state index in [-0.39, 0.29) is 24.0 Å². The summed E-state index contributed by atoms with van der Waals surface area (Å²) in [5.74, 6) is 1.33. The van der Waals surface area contributed by atoms with Crippen LogP contribution < -0.4 is 15.4 Å². The standard InChI is InChI=1S/C33H40N6O5/c1-3-29-36-26-19-24(13-14-28(26)44-29)43-18-15-23-20-34-16-17-38(23)32(40)30-31(22-9-5-4-6-10-22)39(21-35-30)27-12-8-7-11-25(27)37-33(41)42-2/h4-6,9-10,13-14,19,21,23,25,27,34H,3,7-8,11-12,15-18,20H2,1-2H3,(H,37,41)/t23-,25+,27+/m1/s1. The maximum absolute atomic E-state index is 14.3. The SMILES string of the molecule is CCc1nc2cc(OCC[C@@H]3CNCCN3C(=O)c3ncn([C@H]4CCCC[C@@H]4NC(=O)OC)c3-c3ccccc3)ccc2o1. The van der Waals surface area contributed by atoms with Gasteiger partial charge in [-0.05, 0) is 25.0 Å². The van der Waals surface area contributed by atoms with Gasteiger partial charge in [0.1, 0.15) is 11.3 Å². The molecule has 1 saturated carbocycles. The van der Waals surface area contributed by atoms with Crippen LogP contribution in [0, 0.1) is 0 Å². The average molecular weight is 601 g/mol. The summed E-state index contributed by atoms with van der Waals surface area (Å²) in [6, 6.07) is 15.4. The number of oxazole rings is 1. The lowest BCUT2D eigenvalue weighted by Gasteiger charge is -2.36. The number of benzene rings is 2. The molecule has 2 N–H and O–H groups in total. The Kier molecular flexibility index (Phi) is 9.11. The van der Waals surface area contributed by atoms with Crippen molar-refractivity contribution in [3.63, 3.8) is 0 Å². The fraction of sp³-hybridized carbons (Fsp3) is 0.455. The minimum atomic E-state index is -0.447. The van der Waals surface area contributed by atoms with Crippen molar-refractivity contribution < 1.29 is 23.5 Å². The van der Waals surface area contributed by atoms with E-state index < -0.39 is 6.09 Å². The van der Waals surface area contributed by atoms with Crippen molar-refractivity contribution >= 4 is 23.1 Å². The molecule has 2 fully saturated rings. The van der Waals surface area contributed by atoms with Gasteiger partial charge in [-0.1, -0.05) is 50.1 Å². The number of methoxy groups -OCH3 is 1. The molecule has 0 radical (unpaired) electrons. The summed E-state index contributed by atoms with van der Waals surface area (Å²) < 4.78 is 18.8. The van der Waals surface area contributed by atoms with Crippen LogP contribution in [0.15, 0.2) is 59.3 Å². The molecule has 1 aliphatic carbocycles. The second kappa shape index (κ2) is 13.5. The first kappa shape index (κ1) is 29.7. The van der Waals surface area contributed by atoms with Gasteiger partial charge in [0, 0.05) is 50.1 Å². The molecular weight excluding hydrogens is 560 g/mol. The highest BCUT2D eigenvalue weighted by atomic mass is 16.5. The first-order valence-corrected chi connectivity index (χ1v) is 15.6. The topological polar surface area (TPSA) is 124 Å². The van der Waals surface area contributed by atoms with E-state index in [4.69, 9.17) is 18.9 Å². The summed E-state index contributed by atoms with van der Waals surface area (Å²) >= 11 is 0. The summed E-state index contributed by atoms with van der Waals surface area (Å²) in [7, 11) is 1.38. The van der Waals surface area contributed by atoms with Gasteiger partial charge in [0.2, 0.25) is 0 Å². The number of rotatable bonds is 9. The molecule has 232 valence electrons. The smallest absolute Gasteiger partial charge is 0.407 e. The molecule has 0 bridgehead atoms. The summed E-state index contributed by atoms with van der Waals surface area (Å²) in [5.41, 5.74) is 3.65. The largest absolute Gasteiger partial charge is 0.493 e. The zero-order chi connectivity index (χ0) is 30.5. The Balaban J connectivity index is 1.22. The quantitative estimate of drug-likeness (QED) is 0.276. The van der Waals surface area contributed by atoms with Crippen molar-refractivity contribution in [3.8, 4) is 17.0 Å². The summed E-state index contributed by atoms with van der Waals surface area (Å²) in [6.07, 6.45) is 6.46. The molecule has 11 heteroatoms. The Morgan fingerprint density at radius 2 is 1.98 bits per heavy atom. The lowest BCUT2D eigenvalue weighted by molar-refractivity contribution is 0.0601. The second-order valence-corrected chi connectivity index (χ2v) is 11.4. The number of amides is 2. The van der Waals surface area contributed by atoms with Gasteiger partial charge in [-0.2, -0.15) is 0 Å².